The Labute approximate surface area is 68.7 Å². The Bertz CT molecular complexity index is 251. The molecule has 1 rings (SSSR count). The smallest absolute Gasteiger partial charge is 0.133 e. The van der Waals surface area contributed by atoms with Crippen LogP contribution in [0.2, 0.25) is 0 Å². The molecule has 1 aromatic rings. The normalized spacial score (nSPS) is 10.6. The van der Waals surface area contributed by atoms with E-state index in [0.717, 1.165) is 0 Å². The molecule has 0 aliphatic carbocycles. The van der Waals surface area contributed by atoms with Gasteiger partial charge in [-0.2, -0.15) is 0 Å². The van der Waals surface area contributed by atoms with Crippen LogP contribution >= 0.6 is 0 Å². The van der Waals surface area contributed by atoms with Gasteiger partial charge in [0.25, 0.3) is 0 Å². The largest absolute Gasteiger partial charge is 0.307 e. The van der Waals surface area contributed by atoms with Gasteiger partial charge in [0.05, 0.1) is 14.1 Å². The molecule has 0 fully saturated rings. The van der Waals surface area contributed by atoms with Crippen molar-refractivity contribution in [2.45, 2.75) is 13.8 Å². The Morgan fingerprint density at radius 3 is 2.18 bits per heavy atom. The van der Waals surface area contributed by atoms with Crippen LogP contribution in [0.3, 0.4) is 0 Å². The zero-order valence-corrected chi connectivity index (χ0v) is 7.73. The number of hydrogen-bond donors (Lipinski definition) is 1. The summed E-state index contributed by atoms with van der Waals surface area (Å²) in [5.41, 5.74) is 4.18. The third kappa shape index (κ3) is 1.60. The minimum atomic E-state index is 1.38. The number of aryl methyl sites for hydroxylation is 1. The van der Waals surface area contributed by atoms with E-state index in [1.54, 1.807) is 0 Å². The first-order valence-corrected chi connectivity index (χ1v) is 3.99. The van der Waals surface area contributed by atoms with Crippen molar-refractivity contribution in [2.75, 3.05) is 14.1 Å². The lowest BCUT2D eigenvalue weighted by atomic mass is 10.1. The summed E-state index contributed by atoms with van der Waals surface area (Å²) >= 11 is 0. The molecule has 0 unspecified atom stereocenters. The molecule has 0 saturated heterocycles. The molecular formula is C10H16N+. The summed E-state index contributed by atoms with van der Waals surface area (Å²) in [5, 5.41) is 0. The van der Waals surface area contributed by atoms with Gasteiger partial charge in [0.15, 0.2) is 0 Å². The van der Waals surface area contributed by atoms with Crippen LogP contribution in [0.1, 0.15) is 11.1 Å². The number of quaternary nitrogens is 1. The lowest BCUT2D eigenvalue weighted by molar-refractivity contribution is -0.786. The molecule has 0 saturated carbocycles. The summed E-state index contributed by atoms with van der Waals surface area (Å²) in [6, 6.07) is 6.45. The van der Waals surface area contributed by atoms with E-state index in [2.05, 4.69) is 46.1 Å². The Balaban J connectivity index is 3.17. The molecular weight excluding hydrogens is 134 g/mol. The molecule has 0 spiro atoms. The number of nitrogens with one attached hydrogen (secondary N) is 1. The first kappa shape index (κ1) is 8.28. The predicted octanol–water partition coefficient (Wildman–Crippen LogP) is 1.08. The summed E-state index contributed by atoms with van der Waals surface area (Å²) in [7, 11) is 4.31. The summed E-state index contributed by atoms with van der Waals surface area (Å²) in [4.78, 5) is 1.39. The van der Waals surface area contributed by atoms with E-state index >= 15 is 0 Å². The zero-order chi connectivity index (χ0) is 8.43. The number of rotatable bonds is 1. The molecule has 1 heteroatoms. The van der Waals surface area contributed by atoms with Gasteiger partial charge in [-0.15, -0.1) is 0 Å². The van der Waals surface area contributed by atoms with Crippen molar-refractivity contribution in [2.24, 2.45) is 0 Å². The van der Waals surface area contributed by atoms with Crippen molar-refractivity contribution in [3.8, 4) is 0 Å². The minimum Gasteiger partial charge on any atom is -0.307 e. The number of hydrogen-bond acceptors (Lipinski definition) is 0. The van der Waals surface area contributed by atoms with Crippen molar-refractivity contribution in [1.29, 1.82) is 0 Å². The highest BCUT2D eigenvalue weighted by atomic mass is 15.1. The molecule has 1 nitrogen and oxygen atoms in total. The highest BCUT2D eigenvalue weighted by molar-refractivity contribution is 5.43. The van der Waals surface area contributed by atoms with Crippen LogP contribution in [0.5, 0.6) is 0 Å². The van der Waals surface area contributed by atoms with Gasteiger partial charge in [-0.3, -0.25) is 0 Å². The van der Waals surface area contributed by atoms with Gasteiger partial charge in [-0.25, -0.2) is 0 Å². The fraction of sp³-hybridized carbons (Fsp3) is 0.400. The maximum absolute atomic E-state index is 2.18. The molecule has 11 heavy (non-hydrogen) atoms. The molecule has 0 bridgehead atoms. The van der Waals surface area contributed by atoms with Crippen LogP contribution in [0.4, 0.5) is 5.69 Å². The van der Waals surface area contributed by atoms with Crippen LogP contribution < -0.4 is 4.90 Å². The van der Waals surface area contributed by atoms with Gasteiger partial charge < -0.3 is 4.90 Å². The van der Waals surface area contributed by atoms with Crippen molar-refractivity contribution < 1.29 is 4.90 Å². The fourth-order valence-electron chi connectivity index (χ4n) is 1.29. The molecule has 0 radical (unpaired) electrons. The van der Waals surface area contributed by atoms with E-state index in [1.165, 1.54) is 21.7 Å². The average molecular weight is 150 g/mol. The van der Waals surface area contributed by atoms with Gasteiger partial charge >= 0.3 is 0 Å². The van der Waals surface area contributed by atoms with Crippen LogP contribution in [0.15, 0.2) is 18.2 Å². The maximum atomic E-state index is 2.18. The molecule has 1 N–H and O–H groups in total. The number of benzene rings is 1. The van der Waals surface area contributed by atoms with E-state index in [4.69, 9.17) is 0 Å². The van der Waals surface area contributed by atoms with E-state index in [9.17, 15) is 0 Å². The molecule has 0 aliphatic heterocycles. The van der Waals surface area contributed by atoms with Gasteiger partial charge in [0, 0.05) is 5.56 Å². The van der Waals surface area contributed by atoms with Crippen LogP contribution in [0, 0.1) is 13.8 Å². The van der Waals surface area contributed by atoms with Crippen molar-refractivity contribution >= 4 is 5.69 Å². The average Bonchev–Trinajstić information content (AvgIpc) is 1.94. The zero-order valence-electron chi connectivity index (χ0n) is 7.73. The topological polar surface area (TPSA) is 4.44 Å². The first-order chi connectivity index (χ1) is 5.13. The van der Waals surface area contributed by atoms with E-state index in [1.807, 2.05) is 0 Å². The highest BCUT2D eigenvalue weighted by Crippen LogP contribution is 2.12. The monoisotopic (exact) mass is 150 g/mol. The minimum absolute atomic E-state index is 1.38. The quantitative estimate of drug-likeness (QED) is 0.611. The lowest BCUT2D eigenvalue weighted by Gasteiger charge is -2.10. The van der Waals surface area contributed by atoms with Crippen molar-refractivity contribution in [3.63, 3.8) is 0 Å². The SMILES string of the molecule is Cc1cccc([NH+](C)C)c1C. The van der Waals surface area contributed by atoms with E-state index < -0.39 is 0 Å². The summed E-state index contributed by atoms with van der Waals surface area (Å²) in [6.45, 7) is 4.33. The second kappa shape index (κ2) is 3.05. The maximum Gasteiger partial charge on any atom is 0.133 e. The molecule has 0 aromatic heterocycles. The van der Waals surface area contributed by atoms with Gasteiger partial charge in [0.1, 0.15) is 5.69 Å². The third-order valence-corrected chi connectivity index (χ3v) is 2.14. The lowest BCUT2D eigenvalue weighted by Crippen LogP contribution is -3.00. The van der Waals surface area contributed by atoms with Gasteiger partial charge in [-0.05, 0) is 25.5 Å². The second-order valence-electron chi connectivity index (χ2n) is 3.25. The van der Waals surface area contributed by atoms with E-state index in [-0.39, 0.29) is 0 Å². The molecule has 0 amide bonds. The highest BCUT2D eigenvalue weighted by Gasteiger charge is 2.05. The standard InChI is InChI=1S/C10H15N/c1-8-6-5-7-10(9(8)2)11(3)4/h5-7H,1-4H3/p+1. The van der Waals surface area contributed by atoms with Gasteiger partial charge in [0.2, 0.25) is 0 Å². The fourth-order valence-corrected chi connectivity index (χ4v) is 1.29. The Morgan fingerprint density at radius 2 is 1.73 bits per heavy atom. The molecule has 0 heterocycles. The Kier molecular flexibility index (Phi) is 2.30. The Hall–Kier alpha value is -0.820. The first-order valence-electron chi connectivity index (χ1n) is 3.99. The summed E-state index contributed by atoms with van der Waals surface area (Å²) in [6.07, 6.45) is 0. The predicted molar refractivity (Wildman–Crippen MR) is 48.4 cm³/mol. The molecule has 0 atom stereocenters. The van der Waals surface area contributed by atoms with Crippen LogP contribution in [0.25, 0.3) is 0 Å². The Morgan fingerprint density at radius 1 is 1.09 bits per heavy atom. The van der Waals surface area contributed by atoms with Crippen molar-refractivity contribution in [3.05, 3.63) is 29.3 Å². The molecule has 60 valence electrons. The van der Waals surface area contributed by atoms with E-state index in [0.29, 0.717) is 0 Å². The molecule has 1 aromatic carbocycles. The summed E-state index contributed by atoms with van der Waals surface area (Å²) in [5.74, 6) is 0. The second-order valence-corrected chi connectivity index (χ2v) is 3.25. The van der Waals surface area contributed by atoms with Gasteiger partial charge in [-0.1, -0.05) is 12.1 Å². The van der Waals surface area contributed by atoms with Crippen molar-refractivity contribution in [1.82, 2.24) is 0 Å². The third-order valence-electron chi connectivity index (χ3n) is 2.14. The summed E-state index contributed by atoms with van der Waals surface area (Å²) < 4.78 is 0. The molecule has 0 aliphatic rings. The van der Waals surface area contributed by atoms with Crippen LogP contribution in [-0.4, -0.2) is 14.1 Å². The van der Waals surface area contributed by atoms with Crippen LogP contribution in [-0.2, 0) is 0 Å².